The summed E-state index contributed by atoms with van der Waals surface area (Å²) in [5.41, 5.74) is 5.27. The number of carboxylic acids is 1. The lowest BCUT2D eigenvalue weighted by Crippen LogP contribution is -2.35. The lowest BCUT2D eigenvalue weighted by Gasteiger charge is -2.19. The number of carbonyl (C=O) groups is 1. The van der Waals surface area contributed by atoms with E-state index in [1.165, 1.54) is 0 Å². The van der Waals surface area contributed by atoms with Crippen LogP contribution in [0.3, 0.4) is 0 Å². The topological polar surface area (TPSA) is 66.6 Å². The van der Waals surface area contributed by atoms with E-state index in [2.05, 4.69) is 0 Å². The number of likely N-dealkylation sites (N-methyl/N-ethyl adjacent to an activating group) is 1. The van der Waals surface area contributed by atoms with E-state index in [0.29, 0.717) is 13.0 Å². The van der Waals surface area contributed by atoms with Gasteiger partial charge in [-0.3, -0.25) is 9.69 Å². The molecule has 1 atom stereocenters. The van der Waals surface area contributed by atoms with E-state index in [4.69, 9.17) is 10.8 Å². The fourth-order valence-electron chi connectivity index (χ4n) is 0.914. The SMILES string of the molecule is CN(C)C(CCCN)C(=O)O. The van der Waals surface area contributed by atoms with Crippen LogP contribution < -0.4 is 5.73 Å². The molecule has 4 heteroatoms. The van der Waals surface area contributed by atoms with Gasteiger partial charge in [-0.1, -0.05) is 0 Å². The Balaban J connectivity index is 3.80. The number of hydrogen-bond acceptors (Lipinski definition) is 3. The zero-order valence-corrected chi connectivity index (χ0v) is 7.08. The Morgan fingerprint density at radius 1 is 1.64 bits per heavy atom. The standard InChI is InChI=1S/C7H16N2O2/c1-9(2)6(7(10)11)4-3-5-8/h6H,3-5,8H2,1-2H3,(H,10,11). The van der Waals surface area contributed by atoms with Gasteiger partial charge in [0.15, 0.2) is 0 Å². The van der Waals surface area contributed by atoms with Crippen molar-refractivity contribution >= 4 is 5.97 Å². The van der Waals surface area contributed by atoms with Gasteiger partial charge in [-0.2, -0.15) is 0 Å². The molecular formula is C7H16N2O2. The lowest BCUT2D eigenvalue weighted by atomic mass is 10.1. The highest BCUT2D eigenvalue weighted by Crippen LogP contribution is 2.01. The van der Waals surface area contributed by atoms with E-state index >= 15 is 0 Å². The van der Waals surface area contributed by atoms with Crippen LogP contribution in [0, 0.1) is 0 Å². The van der Waals surface area contributed by atoms with Crippen molar-refractivity contribution in [1.29, 1.82) is 0 Å². The monoisotopic (exact) mass is 160 g/mol. The van der Waals surface area contributed by atoms with Crippen molar-refractivity contribution in [2.45, 2.75) is 18.9 Å². The Bertz CT molecular complexity index is 126. The second-order valence-electron chi connectivity index (χ2n) is 2.75. The molecule has 4 nitrogen and oxygen atoms in total. The molecule has 1 unspecified atom stereocenters. The molecular weight excluding hydrogens is 144 g/mol. The lowest BCUT2D eigenvalue weighted by molar-refractivity contribution is -0.142. The van der Waals surface area contributed by atoms with Crippen LogP contribution in [0.4, 0.5) is 0 Å². The number of carboxylic acid groups (broad SMARTS) is 1. The first-order valence-corrected chi connectivity index (χ1v) is 3.69. The maximum absolute atomic E-state index is 10.6. The highest BCUT2D eigenvalue weighted by Gasteiger charge is 2.18. The quantitative estimate of drug-likeness (QED) is 0.581. The van der Waals surface area contributed by atoms with Crippen molar-refractivity contribution in [2.24, 2.45) is 5.73 Å². The molecule has 11 heavy (non-hydrogen) atoms. The molecule has 0 heterocycles. The Kier molecular flexibility index (Phi) is 4.81. The van der Waals surface area contributed by atoms with Crippen LogP contribution in [0.5, 0.6) is 0 Å². The third-order valence-corrected chi connectivity index (χ3v) is 1.59. The van der Waals surface area contributed by atoms with Crippen molar-refractivity contribution in [3.8, 4) is 0 Å². The highest BCUT2D eigenvalue weighted by atomic mass is 16.4. The maximum Gasteiger partial charge on any atom is 0.320 e. The Morgan fingerprint density at radius 3 is 2.45 bits per heavy atom. The van der Waals surface area contributed by atoms with E-state index in [1.54, 1.807) is 19.0 Å². The second kappa shape index (κ2) is 5.09. The molecule has 0 aromatic carbocycles. The predicted octanol–water partition coefficient (Wildman–Crippen LogP) is -0.260. The molecule has 0 saturated heterocycles. The summed E-state index contributed by atoms with van der Waals surface area (Å²) in [6.07, 6.45) is 1.38. The van der Waals surface area contributed by atoms with Crippen molar-refractivity contribution in [3.05, 3.63) is 0 Å². The first-order chi connectivity index (χ1) is 5.09. The molecule has 0 fully saturated rings. The molecule has 66 valence electrons. The highest BCUT2D eigenvalue weighted by molar-refractivity contribution is 5.73. The van der Waals surface area contributed by atoms with Gasteiger partial charge in [-0.25, -0.2) is 0 Å². The van der Waals surface area contributed by atoms with Crippen LogP contribution >= 0.6 is 0 Å². The van der Waals surface area contributed by atoms with Gasteiger partial charge >= 0.3 is 5.97 Å². The molecule has 0 aromatic heterocycles. The van der Waals surface area contributed by atoms with Gasteiger partial charge in [0.2, 0.25) is 0 Å². The minimum absolute atomic E-state index is 0.390. The summed E-state index contributed by atoms with van der Waals surface area (Å²) in [6, 6.07) is -0.390. The maximum atomic E-state index is 10.6. The zero-order valence-electron chi connectivity index (χ0n) is 7.08. The Hall–Kier alpha value is -0.610. The molecule has 0 aliphatic rings. The third-order valence-electron chi connectivity index (χ3n) is 1.59. The smallest absolute Gasteiger partial charge is 0.320 e. The molecule has 0 aliphatic heterocycles. The van der Waals surface area contributed by atoms with E-state index in [1.807, 2.05) is 0 Å². The van der Waals surface area contributed by atoms with Gasteiger partial charge in [0.25, 0.3) is 0 Å². The number of aliphatic carboxylic acids is 1. The van der Waals surface area contributed by atoms with Crippen LogP contribution in [-0.4, -0.2) is 42.7 Å². The summed E-state index contributed by atoms with van der Waals surface area (Å²) in [5, 5.41) is 8.69. The average Bonchev–Trinajstić information content (AvgIpc) is 1.87. The second-order valence-corrected chi connectivity index (χ2v) is 2.75. The third kappa shape index (κ3) is 3.95. The molecule has 0 saturated carbocycles. The fraction of sp³-hybridized carbons (Fsp3) is 0.857. The van der Waals surface area contributed by atoms with Crippen LogP contribution in [0.15, 0.2) is 0 Å². The predicted molar refractivity (Wildman–Crippen MR) is 43.4 cm³/mol. The van der Waals surface area contributed by atoms with Gasteiger partial charge in [0.05, 0.1) is 0 Å². The molecule has 0 rings (SSSR count). The summed E-state index contributed by atoms with van der Waals surface area (Å²) in [4.78, 5) is 12.3. The van der Waals surface area contributed by atoms with Gasteiger partial charge < -0.3 is 10.8 Å². The Labute approximate surface area is 67.0 Å². The summed E-state index contributed by atoms with van der Waals surface area (Å²) in [5.74, 6) is -0.775. The zero-order chi connectivity index (χ0) is 8.85. The average molecular weight is 160 g/mol. The summed E-state index contributed by atoms with van der Waals surface area (Å²) in [6.45, 7) is 0.553. The molecule has 0 aliphatic carbocycles. The van der Waals surface area contributed by atoms with Crippen molar-refractivity contribution in [3.63, 3.8) is 0 Å². The first-order valence-electron chi connectivity index (χ1n) is 3.69. The number of hydrogen-bond donors (Lipinski definition) is 2. The number of rotatable bonds is 5. The Morgan fingerprint density at radius 2 is 2.18 bits per heavy atom. The minimum atomic E-state index is -0.775. The largest absolute Gasteiger partial charge is 0.480 e. The number of nitrogens with two attached hydrogens (primary N) is 1. The molecule has 3 N–H and O–H groups in total. The van der Waals surface area contributed by atoms with Crippen molar-refractivity contribution in [2.75, 3.05) is 20.6 Å². The van der Waals surface area contributed by atoms with Gasteiger partial charge in [0, 0.05) is 0 Å². The van der Waals surface area contributed by atoms with Crippen molar-refractivity contribution < 1.29 is 9.90 Å². The van der Waals surface area contributed by atoms with E-state index in [9.17, 15) is 4.79 Å². The molecule has 0 aromatic rings. The minimum Gasteiger partial charge on any atom is -0.480 e. The van der Waals surface area contributed by atoms with E-state index in [-0.39, 0.29) is 0 Å². The molecule has 0 bridgehead atoms. The number of nitrogens with zero attached hydrogens (tertiary/aromatic N) is 1. The van der Waals surface area contributed by atoms with Crippen LogP contribution in [0.25, 0.3) is 0 Å². The summed E-state index contributed by atoms with van der Waals surface area (Å²) in [7, 11) is 3.52. The molecule has 0 radical (unpaired) electrons. The normalized spacial score (nSPS) is 13.5. The van der Waals surface area contributed by atoms with Gasteiger partial charge in [-0.15, -0.1) is 0 Å². The van der Waals surface area contributed by atoms with Crippen molar-refractivity contribution in [1.82, 2.24) is 4.90 Å². The van der Waals surface area contributed by atoms with Crippen LogP contribution in [-0.2, 0) is 4.79 Å². The van der Waals surface area contributed by atoms with Crippen LogP contribution in [0.1, 0.15) is 12.8 Å². The van der Waals surface area contributed by atoms with E-state index < -0.39 is 12.0 Å². The van der Waals surface area contributed by atoms with E-state index in [0.717, 1.165) is 6.42 Å². The molecule has 0 spiro atoms. The summed E-state index contributed by atoms with van der Waals surface area (Å²) >= 11 is 0. The first kappa shape index (κ1) is 10.4. The summed E-state index contributed by atoms with van der Waals surface area (Å²) < 4.78 is 0. The van der Waals surface area contributed by atoms with Crippen LogP contribution in [0.2, 0.25) is 0 Å². The fourth-order valence-corrected chi connectivity index (χ4v) is 0.914. The van der Waals surface area contributed by atoms with Gasteiger partial charge in [-0.05, 0) is 33.5 Å². The molecule has 0 amide bonds. The van der Waals surface area contributed by atoms with Gasteiger partial charge in [0.1, 0.15) is 6.04 Å².